The molecule has 110 valence electrons. The molecule has 1 aromatic rings. The molecule has 0 atom stereocenters. The van der Waals surface area contributed by atoms with Crippen molar-refractivity contribution < 1.29 is 4.39 Å². The summed E-state index contributed by atoms with van der Waals surface area (Å²) in [5, 5.41) is 3.39. The second kappa shape index (κ2) is 7.02. The Morgan fingerprint density at radius 1 is 1.30 bits per heavy atom. The van der Waals surface area contributed by atoms with Gasteiger partial charge < -0.3 is 11.1 Å². The molecule has 0 saturated heterocycles. The first-order valence-electron chi connectivity index (χ1n) is 7.43. The van der Waals surface area contributed by atoms with Gasteiger partial charge in [-0.25, -0.2) is 4.39 Å². The molecule has 0 aromatic heterocycles. The van der Waals surface area contributed by atoms with Crippen LogP contribution in [0.2, 0.25) is 0 Å². The molecule has 0 unspecified atom stereocenters. The van der Waals surface area contributed by atoms with Crippen LogP contribution in [0.25, 0.3) is 0 Å². The van der Waals surface area contributed by atoms with Crippen molar-refractivity contribution in [3.8, 4) is 0 Å². The quantitative estimate of drug-likeness (QED) is 0.803. The molecule has 0 spiro atoms. The lowest BCUT2D eigenvalue weighted by Crippen LogP contribution is -2.22. The van der Waals surface area contributed by atoms with Crippen molar-refractivity contribution in [3.05, 3.63) is 29.6 Å². The zero-order valence-corrected chi connectivity index (χ0v) is 12.8. The van der Waals surface area contributed by atoms with Crippen molar-refractivity contribution in [2.45, 2.75) is 39.0 Å². The SMILES string of the molecule is CCC1CCC(CNc2ccc(F)cc2C(N)=S)CC1. The van der Waals surface area contributed by atoms with Crippen molar-refractivity contribution in [1.82, 2.24) is 0 Å². The average molecular weight is 294 g/mol. The van der Waals surface area contributed by atoms with Gasteiger partial charge in [-0.1, -0.05) is 38.4 Å². The number of thiocarbonyl (C=S) groups is 1. The van der Waals surface area contributed by atoms with Crippen molar-refractivity contribution in [2.24, 2.45) is 17.6 Å². The summed E-state index contributed by atoms with van der Waals surface area (Å²) >= 11 is 4.98. The van der Waals surface area contributed by atoms with Crippen LogP contribution in [0, 0.1) is 17.7 Å². The van der Waals surface area contributed by atoms with Gasteiger partial charge in [-0.15, -0.1) is 0 Å². The summed E-state index contributed by atoms with van der Waals surface area (Å²) in [6, 6.07) is 4.57. The Balaban J connectivity index is 1.93. The van der Waals surface area contributed by atoms with Crippen LogP contribution in [-0.4, -0.2) is 11.5 Å². The third kappa shape index (κ3) is 3.92. The molecule has 20 heavy (non-hydrogen) atoms. The first-order valence-corrected chi connectivity index (χ1v) is 7.84. The molecule has 4 heteroatoms. The Morgan fingerprint density at radius 2 is 1.95 bits per heavy atom. The summed E-state index contributed by atoms with van der Waals surface area (Å²) in [5.41, 5.74) is 7.10. The predicted molar refractivity (Wildman–Crippen MR) is 86.5 cm³/mol. The second-order valence-corrected chi connectivity index (χ2v) is 6.17. The maximum atomic E-state index is 13.2. The average Bonchev–Trinajstić information content (AvgIpc) is 2.46. The molecule has 1 aliphatic carbocycles. The van der Waals surface area contributed by atoms with Crippen molar-refractivity contribution in [1.29, 1.82) is 0 Å². The summed E-state index contributed by atoms with van der Waals surface area (Å²) in [5.74, 6) is 1.30. The van der Waals surface area contributed by atoms with Gasteiger partial charge in [-0.05, 0) is 42.9 Å². The monoisotopic (exact) mass is 294 g/mol. The number of rotatable bonds is 5. The summed E-state index contributed by atoms with van der Waals surface area (Å²) in [4.78, 5) is 0.238. The third-order valence-electron chi connectivity index (χ3n) is 4.37. The Bertz CT molecular complexity index is 468. The summed E-state index contributed by atoms with van der Waals surface area (Å²) in [6.07, 6.45) is 6.50. The minimum atomic E-state index is -0.304. The molecule has 0 heterocycles. The minimum Gasteiger partial charge on any atom is -0.389 e. The number of benzene rings is 1. The molecule has 0 amide bonds. The normalized spacial score (nSPS) is 22.5. The minimum absolute atomic E-state index is 0.238. The van der Waals surface area contributed by atoms with E-state index in [2.05, 4.69) is 12.2 Å². The zero-order chi connectivity index (χ0) is 14.5. The van der Waals surface area contributed by atoms with Crippen LogP contribution in [0.3, 0.4) is 0 Å². The fourth-order valence-corrected chi connectivity index (χ4v) is 3.14. The molecule has 0 radical (unpaired) electrons. The van der Waals surface area contributed by atoms with E-state index < -0.39 is 0 Å². The van der Waals surface area contributed by atoms with Gasteiger partial charge in [0.25, 0.3) is 0 Å². The van der Waals surface area contributed by atoms with Crippen LogP contribution in [0.15, 0.2) is 18.2 Å². The Labute approximate surface area is 125 Å². The fourth-order valence-electron chi connectivity index (χ4n) is 2.97. The zero-order valence-electron chi connectivity index (χ0n) is 12.0. The standard InChI is InChI=1S/C16H23FN2S/c1-2-11-3-5-12(6-4-11)10-19-15-8-7-13(17)9-14(15)16(18)20/h7-9,11-12,19H,2-6,10H2,1H3,(H2,18,20). The van der Waals surface area contributed by atoms with Gasteiger partial charge in [0.05, 0.1) is 0 Å². The third-order valence-corrected chi connectivity index (χ3v) is 4.59. The second-order valence-electron chi connectivity index (χ2n) is 5.73. The summed E-state index contributed by atoms with van der Waals surface area (Å²) in [7, 11) is 0. The van der Waals surface area contributed by atoms with E-state index >= 15 is 0 Å². The number of anilines is 1. The summed E-state index contributed by atoms with van der Waals surface area (Å²) < 4.78 is 13.2. The molecule has 3 N–H and O–H groups in total. The first kappa shape index (κ1) is 15.2. The molecule has 2 rings (SSSR count). The highest BCUT2D eigenvalue weighted by molar-refractivity contribution is 7.80. The van der Waals surface area contributed by atoms with E-state index in [9.17, 15) is 4.39 Å². The lowest BCUT2D eigenvalue weighted by molar-refractivity contribution is 0.278. The summed E-state index contributed by atoms with van der Waals surface area (Å²) in [6.45, 7) is 3.19. The van der Waals surface area contributed by atoms with Crippen LogP contribution in [0.5, 0.6) is 0 Å². The molecule has 1 aromatic carbocycles. The number of nitrogens with one attached hydrogen (secondary N) is 1. The molecule has 1 aliphatic rings. The Hall–Kier alpha value is -1.16. The largest absolute Gasteiger partial charge is 0.389 e. The van der Waals surface area contributed by atoms with Crippen LogP contribution in [0.4, 0.5) is 10.1 Å². The van der Waals surface area contributed by atoms with E-state index in [1.54, 1.807) is 6.07 Å². The van der Waals surface area contributed by atoms with Crippen LogP contribution < -0.4 is 11.1 Å². The van der Waals surface area contributed by atoms with E-state index in [1.165, 1.54) is 44.2 Å². The van der Waals surface area contributed by atoms with Crippen molar-refractivity contribution >= 4 is 22.9 Å². The van der Waals surface area contributed by atoms with Gasteiger partial charge in [0, 0.05) is 17.8 Å². The van der Waals surface area contributed by atoms with Crippen LogP contribution >= 0.6 is 12.2 Å². The van der Waals surface area contributed by atoms with Crippen molar-refractivity contribution in [2.75, 3.05) is 11.9 Å². The van der Waals surface area contributed by atoms with E-state index in [1.807, 2.05) is 0 Å². The van der Waals surface area contributed by atoms with Crippen LogP contribution in [-0.2, 0) is 0 Å². The number of hydrogen-bond acceptors (Lipinski definition) is 2. The molecule has 0 bridgehead atoms. The highest BCUT2D eigenvalue weighted by Crippen LogP contribution is 2.31. The molecule has 2 nitrogen and oxygen atoms in total. The van der Waals surface area contributed by atoms with Gasteiger partial charge in [0.15, 0.2) is 0 Å². The lowest BCUT2D eigenvalue weighted by Gasteiger charge is -2.28. The van der Waals surface area contributed by atoms with E-state index in [0.29, 0.717) is 11.5 Å². The first-order chi connectivity index (χ1) is 9.60. The fraction of sp³-hybridized carbons (Fsp3) is 0.562. The smallest absolute Gasteiger partial charge is 0.124 e. The maximum absolute atomic E-state index is 13.2. The molecule has 1 saturated carbocycles. The number of nitrogens with two attached hydrogens (primary N) is 1. The highest BCUT2D eigenvalue weighted by atomic mass is 32.1. The van der Waals surface area contributed by atoms with Crippen LogP contribution in [0.1, 0.15) is 44.6 Å². The topological polar surface area (TPSA) is 38.0 Å². The predicted octanol–water partition coefficient (Wildman–Crippen LogP) is 4.09. The van der Waals surface area contributed by atoms with Gasteiger partial charge in [0.1, 0.15) is 10.8 Å². The highest BCUT2D eigenvalue weighted by Gasteiger charge is 2.20. The van der Waals surface area contributed by atoms with Gasteiger partial charge in [-0.2, -0.15) is 0 Å². The van der Waals surface area contributed by atoms with Gasteiger partial charge in [-0.3, -0.25) is 0 Å². The lowest BCUT2D eigenvalue weighted by atomic mass is 9.81. The molecule has 0 aliphatic heterocycles. The van der Waals surface area contributed by atoms with Crippen molar-refractivity contribution in [3.63, 3.8) is 0 Å². The van der Waals surface area contributed by atoms with E-state index in [-0.39, 0.29) is 10.8 Å². The molecular weight excluding hydrogens is 271 g/mol. The number of hydrogen-bond donors (Lipinski definition) is 2. The van der Waals surface area contributed by atoms with Gasteiger partial charge >= 0.3 is 0 Å². The molecule has 1 fully saturated rings. The van der Waals surface area contributed by atoms with E-state index in [4.69, 9.17) is 18.0 Å². The Kier molecular flexibility index (Phi) is 5.35. The van der Waals surface area contributed by atoms with Gasteiger partial charge in [0.2, 0.25) is 0 Å². The number of halogens is 1. The Morgan fingerprint density at radius 3 is 2.55 bits per heavy atom. The maximum Gasteiger partial charge on any atom is 0.124 e. The van der Waals surface area contributed by atoms with E-state index in [0.717, 1.165) is 18.2 Å². The molecular formula is C16H23FN2S.